The fourth-order valence-electron chi connectivity index (χ4n) is 1.59. The number of nitrogens with zero attached hydrogens (tertiary/aromatic N) is 5. The highest BCUT2D eigenvalue weighted by atomic mass is 32.2. The van der Waals surface area contributed by atoms with Crippen LogP contribution < -0.4 is 10.6 Å². The fourth-order valence-corrected chi connectivity index (χ4v) is 1.59. The zero-order valence-corrected chi connectivity index (χ0v) is 11.2. The van der Waals surface area contributed by atoms with Crippen molar-refractivity contribution in [3.8, 4) is 0 Å². The maximum atomic E-state index is 9.19. The quantitative estimate of drug-likeness (QED) is 0.603. The smallest absolute Gasteiger partial charge is 0.261 e. The first-order chi connectivity index (χ1) is 8.27. The van der Waals surface area contributed by atoms with Gasteiger partial charge in [0.2, 0.25) is 5.95 Å². The minimum Gasteiger partial charge on any atom is -0.340 e. The van der Waals surface area contributed by atoms with E-state index in [2.05, 4.69) is 20.4 Å². The molecule has 0 radical (unpaired) electrons. The third-order valence-corrected chi connectivity index (χ3v) is 2.42. The first-order valence-electron chi connectivity index (χ1n) is 5.42. The fraction of sp³-hybridized carbons (Fsp3) is 0.875. The molecule has 104 valence electrons. The minimum atomic E-state index is -3.67. The number of rotatable bonds is 1. The van der Waals surface area contributed by atoms with Crippen LogP contribution in [0, 0.1) is 0 Å². The lowest BCUT2D eigenvalue weighted by Crippen LogP contribution is -2.40. The van der Waals surface area contributed by atoms with Crippen LogP contribution in [0.2, 0.25) is 0 Å². The van der Waals surface area contributed by atoms with E-state index in [0.29, 0.717) is 12.3 Å². The summed E-state index contributed by atoms with van der Waals surface area (Å²) in [5.74, 6) is 0.840. The van der Waals surface area contributed by atoms with Gasteiger partial charge in [-0.3, -0.25) is 4.55 Å². The Morgan fingerprint density at radius 3 is 2.28 bits per heavy atom. The molecule has 1 aliphatic heterocycles. The van der Waals surface area contributed by atoms with Crippen LogP contribution in [0.25, 0.3) is 0 Å². The Kier molecular flexibility index (Phi) is 4.99. The van der Waals surface area contributed by atoms with Crippen LogP contribution in [-0.4, -0.2) is 58.6 Å². The summed E-state index contributed by atoms with van der Waals surface area (Å²) in [6.45, 7) is 1.91. The zero-order valence-electron chi connectivity index (χ0n) is 10.4. The Morgan fingerprint density at radius 2 is 1.89 bits per heavy atom. The Hall–Kier alpha value is -1.26. The SMILES string of the molecule is CS(=O)(=O)O.Cn1nnnc1N1CCC(N)CC1. The van der Waals surface area contributed by atoms with E-state index >= 15 is 0 Å². The normalized spacial score (nSPS) is 17.2. The van der Waals surface area contributed by atoms with Gasteiger partial charge in [-0.1, -0.05) is 5.10 Å². The molecule has 0 amide bonds. The number of piperidine rings is 1. The summed E-state index contributed by atoms with van der Waals surface area (Å²) in [5, 5.41) is 11.4. The van der Waals surface area contributed by atoms with E-state index in [1.165, 1.54) is 0 Å². The number of nitrogens with two attached hydrogens (primary N) is 1. The molecule has 1 fully saturated rings. The van der Waals surface area contributed by atoms with Gasteiger partial charge in [-0.2, -0.15) is 8.42 Å². The molecule has 9 nitrogen and oxygen atoms in total. The molecule has 0 spiro atoms. The number of hydrogen-bond acceptors (Lipinski definition) is 7. The summed E-state index contributed by atoms with van der Waals surface area (Å²) in [6.07, 6.45) is 2.76. The van der Waals surface area contributed by atoms with E-state index in [1.54, 1.807) is 4.68 Å². The molecule has 2 rings (SSSR count). The Balaban J connectivity index is 0.000000280. The standard InChI is InChI=1S/C7H14N6.CH4O3S/c1-12-7(9-10-11-12)13-4-2-6(8)3-5-13;1-5(2,3)4/h6H,2-5,8H2,1H3;1H3,(H,2,3,4). The van der Waals surface area contributed by atoms with Crippen molar-refractivity contribution in [3.05, 3.63) is 0 Å². The van der Waals surface area contributed by atoms with Crippen LogP contribution in [0.5, 0.6) is 0 Å². The van der Waals surface area contributed by atoms with Gasteiger partial charge in [-0.05, 0) is 23.3 Å². The molecule has 0 unspecified atom stereocenters. The van der Waals surface area contributed by atoms with Gasteiger partial charge < -0.3 is 10.6 Å². The number of aryl methyl sites for hydroxylation is 1. The van der Waals surface area contributed by atoms with Crippen LogP contribution in [0.3, 0.4) is 0 Å². The van der Waals surface area contributed by atoms with Gasteiger partial charge in [0.15, 0.2) is 0 Å². The summed E-state index contributed by atoms with van der Waals surface area (Å²) in [7, 11) is -1.82. The summed E-state index contributed by atoms with van der Waals surface area (Å²) in [4.78, 5) is 2.17. The van der Waals surface area contributed by atoms with Gasteiger partial charge in [0, 0.05) is 26.2 Å². The maximum Gasteiger partial charge on any atom is 0.261 e. The summed E-state index contributed by atoms with van der Waals surface area (Å²) < 4.78 is 27.6. The summed E-state index contributed by atoms with van der Waals surface area (Å²) >= 11 is 0. The highest BCUT2D eigenvalue weighted by Crippen LogP contribution is 2.14. The average molecular weight is 278 g/mol. The third-order valence-electron chi connectivity index (χ3n) is 2.42. The second-order valence-corrected chi connectivity index (χ2v) is 5.63. The number of aromatic nitrogens is 4. The molecule has 0 aliphatic carbocycles. The van der Waals surface area contributed by atoms with Gasteiger partial charge in [0.05, 0.1) is 6.26 Å². The van der Waals surface area contributed by atoms with E-state index in [1.807, 2.05) is 7.05 Å². The van der Waals surface area contributed by atoms with E-state index in [4.69, 9.17) is 10.3 Å². The lowest BCUT2D eigenvalue weighted by molar-refractivity contribution is 0.490. The Bertz CT molecular complexity index is 457. The monoisotopic (exact) mass is 278 g/mol. The molecular weight excluding hydrogens is 260 g/mol. The molecule has 1 aliphatic rings. The third kappa shape index (κ3) is 5.38. The summed E-state index contributed by atoms with van der Waals surface area (Å²) in [5.41, 5.74) is 5.80. The first kappa shape index (κ1) is 14.8. The average Bonchev–Trinajstić information content (AvgIpc) is 2.63. The number of anilines is 1. The minimum absolute atomic E-state index is 0.345. The highest BCUT2D eigenvalue weighted by molar-refractivity contribution is 7.85. The van der Waals surface area contributed by atoms with Gasteiger partial charge in [-0.15, -0.1) is 0 Å². The van der Waals surface area contributed by atoms with Gasteiger partial charge in [0.1, 0.15) is 0 Å². The molecule has 18 heavy (non-hydrogen) atoms. The van der Waals surface area contributed by atoms with Crippen LogP contribution >= 0.6 is 0 Å². The molecular formula is C8H18N6O3S. The first-order valence-corrected chi connectivity index (χ1v) is 7.27. The second-order valence-electron chi connectivity index (χ2n) is 4.16. The molecule has 3 N–H and O–H groups in total. The van der Waals surface area contributed by atoms with E-state index in [0.717, 1.165) is 31.9 Å². The van der Waals surface area contributed by atoms with E-state index in [9.17, 15) is 8.42 Å². The van der Waals surface area contributed by atoms with Crippen molar-refractivity contribution in [1.82, 2.24) is 20.2 Å². The molecule has 10 heteroatoms. The van der Waals surface area contributed by atoms with Crippen LogP contribution in [0.1, 0.15) is 12.8 Å². The number of hydrogen-bond donors (Lipinski definition) is 2. The van der Waals surface area contributed by atoms with Crippen molar-refractivity contribution in [3.63, 3.8) is 0 Å². The van der Waals surface area contributed by atoms with Crippen molar-refractivity contribution >= 4 is 16.1 Å². The number of tetrazole rings is 1. The highest BCUT2D eigenvalue weighted by Gasteiger charge is 2.19. The van der Waals surface area contributed by atoms with Crippen molar-refractivity contribution in [2.24, 2.45) is 12.8 Å². The lowest BCUT2D eigenvalue weighted by atomic mass is 10.1. The molecule has 1 aromatic heterocycles. The Morgan fingerprint density at radius 1 is 1.39 bits per heavy atom. The molecule has 0 bridgehead atoms. The largest absolute Gasteiger partial charge is 0.340 e. The van der Waals surface area contributed by atoms with Gasteiger partial charge >= 0.3 is 0 Å². The van der Waals surface area contributed by atoms with E-state index in [-0.39, 0.29) is 0 Å². The Labute approximate surface area is 106 Å². The summed E-state index contributed by atoms with van der Waals surface area (Å²) in [6, 6.07) is 0.345. The molecule has 1 saturated heterocycles. The predicted octanol–water partition coefficient (Wildman–Crippen LogP) is -1.36. The van der Waals surface area contributed by atoms with Crippen LogP contribution in [0.15, 0.2) is 0 Å². The lowest BCUT2D eigenvalue weighted by Gasteiger charge is -2.29. The molecule has 0 atom stereocenters. The van der Waals surface area contributed by atoms with Gasteiger partial charge in [-0.25, -0.2) is 4.68 Å². The maximum absolute atomic E-state index is 9.19. The van der Waals surface area contributed by atoms with Crippen molar-refractivity contribution in [1.29, 1.82) is 0 Å². The van der Waals surface area contributed by atoms with Crippen LogP contribution in [0.4, 0.5) is 5.95 Å². The zero-order chi connectivity index (χ0) is 13.8. The van der Waals surface area contributed by atoms with Crippen molar-refractivity contribution in [2.45, 2.75) is 18.9 Å². The van der Waals surface area contributed by atoms with E-state index < -0.39 is 10.1 Å². The molecule has 2 heterocycles. The van der Waals surface area contributed by atoms with Crippen molar-refractivity contribution < 1.29 is 13.0 Å². The van der Waals surface area contributed by atoms with Gasteiger partial charge in [0.25, 0.3) is 10.1 Å². The van der Waals surface area contributed by atoms with Crippen molar-refractivity contribution in [2.75, 3.05) is 24.2 Å². The molecule has 0 aromatic carbocycles. The predicted molar refractivity (Wildman–Crippen MR) is 65.7 cm³/mol. The topological polar surface area (TPSA) is 127 Å². The molecule has 1 aromatic rings. The van der Waals surface area contributed by atoms with Crippen LogP contribution in [-0.2, 0) is 17.2 Å². The second kappa shape index (κ2) is 6.07. The molecule has 0 saturated carbocycles.